The van der Waals surface area contributed by atoms with Gasteiger partial charge >= 0.3 is 0 Å². The molecule has 0 amide bonds. The molecule has 1 heterocycles. The average molecular weight is 424 g/mol. The van der Waals surface area contributed by atoms with E-state index in [4.69, 9.17) is 5.10 Å². The number of carbonyl (C=O) groups excluding carboxylic acids is 1. The summed E-state index contributed by atoms with van der Waals surface area (Å²) in [4.78, 5) is 11.1. The summed E-state index contributed by atoms with van der Waals surface area (Å²) in [6, 6.07) is 21.0. The number of aromatic nitrogens is 2. The first kappa shape index (κ1) is 20.5. The summed E-state index contributed by atoms with van der Waals surface area (Å²) in [7, 11) is 0. The number of hydrogen-bond acceptors (Lipinski definition) is 3. The van der Waals surface area contributed by atoms with Crippen molar-refractivity contribution >= 4 is 30.1 Å². The predicted octanol–water partition coefficient (Wildman–Crippen LogP) is 6.38. The van der Waals surface area contributed by atoms with Crippen LogP contribution in [0, 0.1) is 5.92 Å². The maximum Gasteiger partial charge on any atom is 0.160 e. The van der Waals surface area contributed by atoms with Crippen LogP contribution in [0.4, 0.5) is 11.5 Å². The lowest BCUT2D eigenvalue weighted by atomic mass is 9.61. The number of nitrogens with one attached hydrogen (secondary N) is 1. The number of hydrogen-bond donors (Lipinski definition) is 1. The van der Waals surface area contributed by atoms with Gasteiger partial charge in [0.05, 0.1) is 5.69 Å². The van der Waals surface area contributed by atoms with Crippen molar-refractivity contribution < 1.29 is 4.79 Å². The van der Waals surface area contributed by atoms with Crippen molar-refractivity contribution in [3.63, 3.8) is 0 Å². The van der Waals surface area contributed by atoms with E-state index in [-0.39, 0.29) is 5.41 Å². The third kappa shape index (κ3) is 3.81. The summed E-state index contributed by atoms with van der Waals surface area (Å²) in [5, 5.41) is 8.31. The van der Waals surface area contributed by atoms with Crippen molar-refractivity contribution in [1.82, 2.24) is 9.78 Å². The Morgan fingerprint density at radius 1 is 0.969 bits per heavy atom. The van der Waals surface area contributed by atoms with Crippen LogP contribution in [0.3, 0.4) is 0 Å². The van der Waals surface area contributed by atoms with Gasteiger partial charge in [0.25, 0.3) is 0 Å². The topological polar surface area (TPSA) is 46.9 Å². The summed E-state index contributed by atoms with van der Waals surface area (Å²) in [6.07, 6.45) is 16.1. The molecular formula is C28H29N3O. The monoisotopic (exact) mass is 423 g/mol. The molecule has 1 aromatic heterocycles. The first-order valence-electron chi connectivity index (χ1n) is 11.6. The predicted molar refractivity (Wildman–Crippen MR) is 131 cm³/mol. The molecule has 4 nitrogen and oxygen atoms in total. The highest BCUT2D eigenvalue weighted by Crippen LogP contribution is 2.48. The molecule has 1 N–H and O–H groups in total. The standard InChI is InChI=1S/C28H29N3O/c32-20-10-19-31-26-21-28(22-11-4-1-5-12-22,23-13-6-2-7-14-23)18-17-25(26)27(30-31)29-24-15-8-3-9-16-24/h1,3-5,8-12,15-20,23H,2,6-7,13-14,21H2,(H,29,30). The lowest BCUT2D eigenvalue weighted by Gasteiger charge is -2.43. The van der Waals surface area contributed by atoms with Crippen molar-refractivity contribution in [2.45, 2.75) is 43.9 Å². The van der Waals surface area contributed by atoms with Gasteiger partial charge in [-0.3, -0.25) is 4.79 Å². The van der Waals surface area contributed by atoms with E-state index in [2.05, 4.69) is 47.8 Å². The number of rotatable bonds is 6. The minimum Gasteiger partial charge on any atom is -0.338 e. The van der Waals surface area contributed by atoms with Crippen LogP contribution in [0.15, 0.2) is 72.8 Å². The van der Waals surface area contributed by atoms with Gasteiger partial charge in [-0.1, -0.05) is 79.9 Å². The Morgan fingerprint density at radius 3 is 2.41 bits per heavy atom. The van der Waals surface area contributed by atoms with E-state index in [1.807, 2.05) is 35.0 Å². The Hall–Kier alpha value is -3.40. The number of para-hydroxylation sites is 1. The molecule has 0 bridgehead atoms. The average Bonchev–Trinajstić information content (AvgIpc) is 3.20. The minimum atomic E-state index is -0.0501. The molecule has 3 aromatic rings. The van der Waals surface area contributed by atoms with E-state index in [0.29, 0.717) is 5.92 Å². The highest BCUT2D eigenvalue weighted by atomic mass is 16.1. The van der Waals surface area contributed by atoms with Gasteiger partial charge < -0.3 is 5.32 Å². The molecule has 2 aliphatic carbocycles. The Morgan fingerprint density at radius 2 is 1.69 bits per heavy atom. The van der Waals surface area contributed by atoms with E-state index in [0.717, 1.165) is 35.5 Å². The van der Waals surface area contributed by atoms with E-state index < -0.39 is 0 Å². The smallest absolute Gasteiger partial charge is 0.160 e. The summed E-state index contributed by atoms with van der Waals surface area (Å²) in [5.41, 5.74) is 4.58. The molecular weight excluding hydrogens is 394 g/mol. The quantitative estimate of drug-likeness (QED) is 0.369. The Bertz CT molecular complexity index is 1120. The van der Waals surface area contributed by atoms with E-state index >= 15 is 0 Å². The summed E-state index contributed by atoms with van der Waals surface area (Å²) < 4.78 is 1.89. The number of benzene rings is 2. The summed E-state index contributed by atoms with van der Waals surface area (Å²) in [6.45, 7) is 0. The van der Waals surface area contributed by atoms with Crippen LogP contribution in [0.2, 0.25) is 0 Å². The zero-order valence-corrected chi connectivity index (χ0v) is 18.3. The van der Waals surface area contributed by atoms with Crippen molar-refractivity contribution in [1.29, 1.82) is 0 Å². The van der Waals surface area contributed by atoms with Crippen molar-refractivity contribution in [3.8, 4) is 0 Å². The number of anilines is 2. The molecule has 5 rings (SSSR count). The van der Waals surface area contributed by atoms with Crippen LogP contribution in [-0.4, -0.2) is 16.1 Å². The fraction of sp³-hybridized carbons (Fsp3) is 0.286. The number of aldehydes is 1. The number of fused-ring (bicyclic) bond motifs is 1. The highest BCUT2D eigenvalue weighted by molar-refractivity contribution is 5.75. The third-order valence-electron chi connectivity index (χ3n) is 7.04. The summed E-state index contributed by atoms with van der Waals surface area (Å²) >= 11 is 0. The Balaban J connectivity index is 1.60. The molecule has 1 atom stereocenters. The fourth-order valence-corrected chi connectivity index (χ4v) is 5.47. The molecule has 0 radical (unpaired) electrons. The van der Waals surface area contributed by atoms with Crippen molar-refractivity contribution in [2.24, 2.45) is 5.92 Å². The zero-order chi connectivity index (χ0) is 21.8. The second-order valence-electron chi connectivity index (χ2n) is 8.87. The van der Waals surface area contributed by atoms with Gasteiger partial charge in [-0.15, -0.1) is 5.10 Å². The molecule has 0 aliphatic heterocycles. The maximum absolute atomic E-state index is 11.1. The van der Waals surface area contributed by atoms with E-state index in [1.54, 1.807) is 6.20 Å². The molecule has 1 unspecified atom stereocenters. The lowest BCUT2D eigenvalue weighted by molar-refractivity contribution is -0.104. The summed E-state index contributed by atoms with van der Waals surface area (Å²) in [5.74, 6) is 1.43. The van der Waals surface area contributed by atoms with Crippen LogP contribution in [0.1, 0.15) is 48.9 Å². The van der Waals surface area contributed by atoms with E-state index in [1.165, 1.54) is 43.7 Å². The van der Waals surface area contributed by atoms with Crippen LogP contribution in [0.5, 0.6) is 0 Å². The maximum atomic E-state index is 11.1. The highest BCUT2D eigenvalue weighted by Gasteiger charge is 2.42. The van der Waals surface area contributed by atoms with Crippen LogP contribution >= 0.6 is 0 Å². The first-order chi connectivity index (χ1) is 15.8. The number of allylic oxidation sites excluding steroid dienone is 2. The molecule has 4 heteroatoms. The molecule has 0 saturated heterocycles. The van der Waals surface area contributed by atoms with Crippen LogP contribution < -0.4 is 5.32 Å². The lowest BCUT2D eigenvalue weighted by Crippen LogP contribution is -2.39. The Kier molecular flexibility index (Phi) is 5.76. The van der Waals surface area contributed by atoms with Crippen LogP contribution in [0.25, 0.3) is 12.3 Å². The SMILES string of the molecule is O=CC=Cn1nc(Nc2ccccc2)c2c1CC(c1ccccc1)(C1CCCCC1)C=C2. The Labute approximate surface area is 189 Å². The van der Waals surface area contributed by atoms with Crippen LogP contribution in [-0.2, 0) is 16.6 Å². The van der Waals surface area contributed by atoms with Gasteiger partial charge in [0, 0.05) is 29.3 Å². The molecule has 2 aliphatic rings. The minimum absolute atomic E-state index is 0.0501. The van der Waals surface area contributed by atoms with Gasteiger partial charge in [-0.25, -0.2) is 4.68 Å². The normalized spacial score (nSPS) is 20.9. The largest absolute Gasteiger partial charge is 0.338 e. The van der Waals surface area contributed by atoms with Crippen molar-refractivity contribution in [2.75, 3.05) is 5.32 Å². The second kappa shape index (κ2) is 8.99. The van der Waals surface area contributed by atoms with Gasteiger partial charge in [-0.2, -0.15) is 0 Å². The first-order valence-corrected chi connectivity index (χ1v) is 11.6. The van der Waals surface area contributed by atoms with Crippen molar-refractivity contribution in [3.05, 3.63) is 89.6 Å². The van der Waals surface area contributed by atoms with Gasteiger partial charge in [0.2, 0.25) is 0 Å². The fourth-order valence-electron chi connectivity index (χ4n) is 5.47. The number of nitrogens with zero attached hydrogens (tertiary/aromatic N) is 2. The third-order valence-corrected chi connectivity index (χ3v) is 7.04. The number of carbonyl (C=O) groups is 1. The van der Waals surface area contributed by atoms with E-state index in [9.17, 15) is 4.79 Å². The molecule has 1 fully saturated rings. The molecule has 1 saturated carbocycles. The molecule has 162 valence electrons. The zero-order valence-electron chi connectivity index (χ0n) is 18.3. The van der Waals surface area contributed by atoms with Gasteiger partial charge in [-0.05, 0) is 42.5 Å². The molecule has 0 spiro atoms. The van der Waals surface area contributed by atoms with Gasteiger partial charge in [0.1, 0.15) is 6.29 Å². The second-order valence-corrected chi connectivity index (χ2v) is 8.87. The van der Waals surface area contributed by atoms with Gasteiger partial charge in [0.15, 0.2) is 5.82 Å². The molecule has 2 aromatic carbocycles. The molecule has 32 heavy (non-hydrogen) atoms.